The number of anilines is 1. The Labute approximate surface area is 123 Å². The van der Waals surface area contributed by atoms with Crippen LogP contribution < -0.4 is 10.6 Å². The van der Waals surface area contributed by atoms with Gasteiger partial charge in [0.05, 0.1) is 12.2 Å². The number of pyridine rings is 1. The molecule has 0 saturated carbocycles. The Hall–Kier alpha value is -2.43. The molecule has 1 unspecified atom stereocenters. The average molecular weight is 287 g/mol. The summed E-state index contributed by atoms with van der Waals surface area (Å²) in [6.07, 6.45) is 2.80. The van der Waals surface area contributed by atoms with E-state index in [1.165, 1.54) is 12.3 Å². The maximum atomic E-state index is 13.2. The highest BCUT2D eigenvalue weighted by Gasteiger charge is 2.11. The van der Waals surface area contributed by atoms with Crippen molar-refractivity contribution in [3.05, 3.63) is 59.2 Å². The normalized spacial score (nSPS) is 11.8. The van der Waals surface area contributed by atoms with E-state index in [9.17, 15) is 9.18 Å². The average Bonchev–Trinajstić information content (AvgIpc) is 2.48. The molecular formula is C16H18FN3O. The summed E-state index contributed by atoms with van der Waals surface area (Å²) in [5, 5.41) is 5.88. The van der Waals surface area contributed by atoms with Gasteiger partial charge in [-0.25, -0.2) is 4.39 Å². The Bertz CT molecular complexity index is 658. The first kappa shape index (κ1) is 15.0. The van der Waals surface area contributed by atoms with Gasteiger partial charge in [0.25, 0.3) is 5.91 Å². The van der Waals surface area contributed by atoms with Gasteiger partial charge < -0.3 is 10.6 Å². The number of rotatable bonds is 4. The van der Waals surface area contributed by atoms with E-state index in [2.05, 4.69) is 15.6 Å². The van der Waals surface area contributed by atoms with Gasteiger partial charge in [-0.1, -0.05) is 6.07 Å². The van der Waals surface area contributed by atoms with Gasteiger partial charge in [0.2, 0.25) is 0 Å². The van der Waals surface area contributed by atoms with Gasteiger partial charge in [-0.15, -0.1) is 0 Å². The number of aromatic nitrogens is 1. The molecule has 1 heterocycles. The fourth-order valence-electron chi connectivity index (χ4n) is 2.04. The summed E-state index contributed by atoms with van der Waals surface area (Å²) >= 11 is 0. The van der Waals surface area contributed by atoms with E-state index in [0.717, 1.165) is 16.8 Å². The van der Waals surface area contributed by atoms with Gasteiger partial charge >= 0.3 is 0 Å². The lowest BCUT2D eigenvalue weighted by Gasteiger charge is -2.18. The van der Waals surface area contributed by atoms with Gasteiger partial charge in [-0.3, -0.25) is 9.78 Å². The third kappa shape index (κ3) is 3.56. The van der Waals surface area contributed by atoms with Crippen molar-refractivity contribution in [2.24, 2.45) is 0 Å². The minimum absolute atomic E-state index is 0.119. The van der Waals surface area contributed by atoms with Crippen LogP contribution in [0.25, 0.3) is 0 Å². The molecule has 0 aliphatic carbocycles. The Morgan fingerprint density at radius 1 is 1.29 bits per heavy atom. The van der Waals surface area contributed by atoms with Crippen LogP contribution in [0.3, 0.4) is 0 Å². The number of nitrogens with zero attached hydrogens (tertiary/aromatic N) is 1. The molecule has 0 aliphatic heterocycles. The van der Waals surface area contributed by atoms with E-state index < -0.39 is 0 Å². The summed E-state index contributed by atoms with van der Waals surface area (Å²) in [7, 11) is 1.59. The van der Waals surface area contributed by atoms with Crippen molar-refractivity contribution < 1.29 is 9.18 Å². The summed E-state index contributed by atoms with van der Waals surface area (Å²) in [6, 6.07) is 6.77. The molecule has 1 aromatic heterocycles. The third-order valence-corrected chi connectivity index (χ3v) is 3.32. The van der Waals surface area contributed by atoms with Crippen molar-refractivity contribution in [1.29, 1.82) is 0 Å². The van der Waals surface area contributed by atoms with Gasteiger partial charge in [-0.2, -0.15) is 0 Å². The molecule has 0 saturated heterocycles. The highest BCUT2D eigenvalue weighted by atomic mass is 19.1. The van der Waals surface area contributed by atoms with Crippen LogP contribution in [0.15, 0.2) is 36.7 Å². The molecule has 1 amide bonds. The van der Waals surface area contributed by atoms with Crippen molar-refractivity contribution in [1.82, 2.24) is 10.3 Å². The van der Waals surface area contributed by atoms with Crippen molar-refractivity contribution in [3.63, 3.8) is 0 Å². The Morgan fingerprint density at radius 2 is 2.05 bits per heavy atom. The zero-order chi connectivity index (χ0) is 15.4. The van der Waals surface area contributed by atoms with Gasteiger partial charge in [0.1, 0.15) is 5.82 Å². The number of benzene rings is 1. The lowest BCUT2D eigenvalue weighted by atomic mass is 10.1. The predicted octanol–water partition coefficient (Wildman–Crippen LogP) is 3.06. The zero-order valence-corrected chi connectivity index (χ0v) is 12.3. The molecule has 1 atom stereocenters. The molecule has 2 aromatic rings. The molecule has 0 spiro atoms. The van der Waals surface area contributed by atoms with Gasteiger partial charge in [-0.05, 0) is 43.2 Å². The first-order chi connectivity index (χ1) is 10.0. The first-order valence-electron chi connectivity index (χ1n) is 6.71. The number of hydrogen-bond acceptors (Lipinski definition) is 3. The van der Waals surface area contributed by atoms with Crippen LogP contribution in [0.1, 0.15) is 34.5 Å². The van der Waals surface area contributed by atoms with Crippen molar-refractivity contribution >= 4 is 11.6 Å². The molecule has 0 bridgehead atoms. The maximum absolute atomic E-state index is 13.2. The van der Waals surface area contributed by atoms with Crippen LogP contribution >= 0.6 is 0 Å². The van der Waals surface area contributed by atoms with Crippen LogP contribution in [-0.2, 0) is 0 Å². The van der Waals surface area contributed by atoms with Crippen LogP contribution in [0, 0.1) is 12.7 Å². The van der Waals surface area contributed by atoms with Crippen LogP contribution in [0.2, 0.25) is 0 Å². The van der Waals surface area contributed by atoms with E-state index >= 15 is 0 Å². The summed E-state index contributed by atoms with van der Waals surface area (Å²) < 4.78 is 13.2. The van der Waals surface area contributed by atoms with E-state index in [-0.39, 0.29) is 17.8 Å². The molecule has 2 rings (SSSR count). The molecule has 2 N–H and O–H groups in total. The predicted molar refractivity (Wildman–Crippen MR) is 80.8 cm³/mol. The summed E-state index contributed by atoms with van der Waals surface area (Å²) in [5.41, 5.74) is 3.18. The maximum Gasteiger partial charge on any atom is 0.251 e. The lowest BCUT2D eigenvalue weighted by Crippen LogP contribution is -2.18. The smallest absolute Gasteiger partial charge is 0.251 e. The third-order valence-electron chi connectivity index (χ3n) is 3.32. The Balaban J connectivity index is 2.24. The van der Waals surface area contributed by atoms with Crippen LogP contribution in [0.5, 0.6) is 0 Å². The highest BCUT2D eigenvalue weighted by molar-refractivity contribution is 5.95. The molecule has 0 radical (unpaired) electrons. The number of hydrogen-bond donors (Lipinski definition) is 2. The zero-order valence-electron chi connectivity index (χ0n) is 12.3. The SMILES string of the molecule is CNC(=O)c1ccc(C)c(NC(C)c2cncc(F)c2)c1. The largest absolute Gasteiger partial charge is 0.378 e. The van der Waals surface area contributed by atoms with Gasteiger partial charge in [0.15, 0.2) is 0 Å². The Kier molecular flexibility index (Phi) is 4.52. The van der Waals surface area contributed by atoms with Crippen molar-refractivity contribution in [2.75, 3.05) is 12.4 Å². The standard InChI is InChI=1S/C16H18FN3O/c1-10-4-5-12(16(21)18-3)7-15(10)20-11(2)13-6-14(17)9-19-8-13/h4-9,11,20H,1-3H3,(H,18,21). The summed E-state index contributed by atoms with van der Waals surface area (Å²) in [4.78, 5) is 15.5. The molecule has 5 heteroatoms. The molecule has 21 heavy (non-hydrogen) atoms. The number of aryl methyl sites for hydroxylation is 1. The molecular weight excluding hydrogens is 269 g/mol. The van der Waals surface area contributed by atoms with Crippen LogP contribution in [0.4, 0.5) is 10.1 Å². The number of nitrogens with one attached hydrogen (secondary N) is 2. The van der Waals surface area contributed by atoms with E-state index in [1.807, 2.05) is 19.9 Å². The molecule has 0 aliphatic rings. The lowest BCUT2D eigenvalue weighted by molar-refractivity contribution is 0.0963. The number of carbonyl (C=O) groups is 1. The minimum atomic E-state index is -0.364. The second kappa shape index (κ2) is 6.35. The fraction of sp³-hybridized carbons (Fsp3) is 0.250. The van der Waals surface area contributed by atoms with Gasteiger partial charge in [0, 0.05) is 24.5 Å². The molecule has 110 valence electrons. The first-order valence-corrected chi connectivity index (χ1v) is 6.71. The van der Waals surface area contributed by atoms with E-state index in [1.54, 1.807) is 25.4 Å². The quantitative estimate of drug-likeness (QED) is 0.908. The number of halogens is 1. The molecule has 0 fully saturated rings. The van der Waals surface area contributed by atoms with E-state index in [4.69, 9.17) is 0 Å². The second-order valence-corrected chi connectivity index (χ2v) is 4.91. The fourth-order valence-corrected chi connectivity index (χ4v) is 2.04. The highest BCUT2D eigenvalue weighted by Crippen LogP contribution is 2.23. The summed E-state index contributed by atoms with van der Waals surface area (Å²) in [6.45, 7) is 3.87. The van der Waals surface area contributed by atoms with Crippen molar-refractivity contribution in [3.8, 4) is 0 Å². The molecule has 1 aromatic carbocycles. The monoisotopic (exact) mass is 287 g/mol. The van der Waals surface area contributed by atoms with Crippen molar-refractivity contribution in [2.45, 2.75) is 19.9 Å². The number of amides is 1. The second-order valence-electron chi connectivity index (χ2n) is 4.91. The topological polar surface area (TPSA) is 54.0 Å². The summed E-state index contributed by atoms with van der Waals surface area (Å²) in [5.74, 6) is -0.505. The minimum Gasteiger partial charge on any atom is -0.378 e. The number of carbonyl (C=O) groups excluding carboxylic acids is 1. The molecule has 4 nitrogen and oxygen atoms in total. The van der Waals surface area contributed by atoms with E-state index in [0.29, 0.717) is 5.56 Å². The Morgan fingerprint density at radius 3 is 2.71 bits per heavy atom. The van der Waals surface area contributed by atoms with Crippen LogP contribution in [-0.4, -0.2) is 17.9 Å².